The van der Waals surface area contributed by atoms with Gasteiger partial charge in [0.05, 0.1) is 11.1 Å². The maximum Gasteiger partial charge on any atom is 0.338 e. The van der Waals surface area contributed by atoms with Crippen molar-refractivity contribution >= 4 is 28.5 Å². The summed E-state index contributed by atoms with van der Waals surface area (Å²) in [5, 5.41) is 1.32. The second kappa shape index (κ2) is 5.94. The number of para-hydroxylation sites is 1. The first-order valence-corrected chi connectivity index (χ1v) is 6.88. The molecule has 0 atom stereocenters. The zero-order valence-electron chi connectivity index (χ0n) is 11.1. The van der Waals surface area contributed by atoms with E-state index in [1.165, 1.54) is 0 Å². The van der Waals surface area contributed by atoms with Crippen LogP contribution in [0.3, 0.4) is 0 Å². The summed E-state index contributed by atoms with van der Waals surface area (Å²) in [5.74, 6) is -0.375. The quantitative estimate of drug-likeness (QED) is 0.536. The summed E-state index contributed by atoms with van der Waals surface area (Å²) in [6.45, 7) is 0.102. The monoisotopic (exact) mass is 297 g/mol. The topological polar surface area (TPSA) is 39.2 Å². The lowest BCUT2D eigenvalue weighted by Crippen LogP contribution is -2.05. The number of pyridine rings is 1. The number of aromatic nitrogens is 1. The molecule has 0 spiro atoms. The molecule has 0 aliphatic rings. The second-order valence-corrected chi connectivity index (χ2v) is 4.93. The Morgan fingerprint density at radius 2 is 1.76 bits per heavy atom. The van der Waals surface area contributed by atoms with Crippen LogP contribution in [0.1, 0.15) is 15.9 Å². The lowest BCUT2D eigenvalue weighted by atomic mass is 10.2. The van der Waals surface area contributed by atoms with Gasteiger partial charge in [-0.05, 0) is 24.3 Å². The van der Waals surface area contributed by atoms with Crippen molar-refractivity contribution in [3.63, 3.8) is 0 Å². The Morgan fingerprint density at radius 1 is 1.05 bits per heavy atom. The van der Waals surface area contributed by atoms with Gasteiger partial charge in [-0.25, -0.2) is 9.78 Å². The molecule has 104 valence electrons. The molecule has 0 amide bonds. The van der Waals surface area contributed by atoms with Crippen LogP contribution < -0.4 is 0 Å². The van der Waals surface area contributed by atoms with Gasteiger partial charge >= 0.3 is 5.97 Å². The SMILES string of the molecule is O=C(OCc1cc2ccccc2nc1Cl)c1ccccc1. The van der Waals surface area contributed by atoms with Crippen LogP contribution in [0.5, 0.6) is 0 Å². The van der Waals surface area contributed by atoms with E-state index >= 15 is 0 Å². The number of halogens is 1. The van der Waals surface area contributed by atoms with E-state index in [2.05, 4.69) is 4.98 Å². The van der Waals surface area contributed by atoms with Crippen LogP contribution in [0, 0.1) is 0 Å². The van der Waals surface area contributed by atoms with Gasteiger partial charge in [-0.3, -0.25) is 0 Å². The van der Waals surface area contributed by atoms with E-state index in [0.717, 1.165) is 10.9 Å². The first-order chi connectivity index (χ1) is 10.2. The van der Waals surface area contributed by atoms with Crippen LogP contribution in [-0.2, 0) is 11.3 Å². The van der Waals surface area contributed by atoms with Crippen molar-refractivity contribution in [2.45, 2.75) is 6.61 Å². The lowest BCUT2D eigenvalue weighted by molar-refractivity contribution is 0.0472. The van der Waals surface area contributed by atoms with Gasteiger partial charge in [0.1, 0.15) is 11.8 Å². The molecule has 3 rings (SSSR count). The Bertz CT molecular complexity index is 787. The number of esters is 1. The van der Waals surface area contributed by atoms with Crippen molar-refractivity contribution in [1.82, 2.24) is 4.98 Å². The van der Waals surface area contributed by atoms with Crippen LogP contribution in [-0.4, -0.2) is 11.0 Å². The number of nitrogens with zero attached hydrogens (tertiary/aromatic N) is 1. The smallest absolute Gasteiger partial charge is 0.338 e. The van der Waals surface area contributed by atoms with Crippen molar-refractivity contribution in [2.24, 2.45) is 0 Å². The average molecular weight is 298 g/mol. The number of hydrogen-bond acceptors (Lipinski definition) is 3. The number of rotatable bonds is 3. The molecular formula is C17H12ClNO2. The Kier molecular flexibility index (Phi) is 3.84. The Balaban J connectivity index is 1.79. The Hall–Kier alpha value is -2.39. The fourth-order valence-corrected chi connectivity index (χ4v) is 2.24. The number of ether oxygens (including phenoxy) is 1. The molecule has 0 aliphatic carbocycles. The predicted octanol–water partition coefficient (Wildman–Crippen LogP) is 4.25. The van der Waals surface area contributed by atoms with Crippen molar-refractivity contribution < 1.29 is 9.53 Å². The third-order valence-corrected chi connectivity index (χ3v) is 3.45. The highest BCUT2D eigenvalue weighted by molar-refractivity contribution is 6.30. The van der Waals surface area contributed by atoms with Crippen molar-refractivity contribution in [1.29, 1.82) is 0 Å². The molecule has 21 heavy (non-hydrogen) atoms. The van der Waals surface area contributed by atoms with Crippen molar-refractivity contribution in [3.05, 3.63) is 76.9 Å². The summed E-state index contributed by atoms with van der Waals surface area (Å²) in [4.78, 5) is 16.2. The van der Waals surface area contributed by atoms with E-state index in [4.69, 9.17) is 16.3 Å². The molecule has 0 aliphatic heterocycles. The van der Waals surface area contributed by atoms with Crippen molar-refractivity contribution in [2.75, 3.05) is 0 Å². The van der Waals surface area contributed by atoms with Gasteiger partial charge in [-0.1, -0.05) is 48.0 Å². The van der Waals surface area contributed by atoms with Gasteiger partial charge in [0.2, 0.25) is 0 Å². The number of benzene rings is 2. The minimum atomic E-state index is -0.375. The largest absolute Gasteiger partial charge is 0.457 e. The van der Waals surface area contributed by atoms with Crippen LogP contribution in [0.2, 0.25) is 5.15 Å². The summed E-state index contributed by atoms with van der Waals surface area (Å²) in [5.41, 5.74) is 2.03. The Labute approximate surface area is 127 Å². The van der Waals surface area contributed by atoms with E-state index in [1.807, 2.05) is 36.4 Å². The molecule has 3 nitrogen and oxygen atoms in total. The molecule has 0 fully saturated rings. The third-order valence-electron chi connectivity index (χ3n) is 3.12. The minimum absolute atomic E-state index is 0.102. The molecule has 0 bridgehead atoms. The lowest BCUT2D eigenvalue weighted by Gasteiger charge is -2.07. The molecule has 4 heteroatoms. The molecule has 0 unspecified atom stereocenters. The summed E-state index contributed by atoms with van der Waals surface area (Å²) in [7, 11) is 0. The fourth-order valence-electron chi connectivity index (χ4n) is 2.04. The molecule has 0 saturated carbocycles. The maximum atomic E-state index is 11.9. The number of carbonyl (C=O) groups excluding carboxylic acids is 1. The van der Waals surface area contributed by atoms with Crippen LogP contribution in [0.4, 0.5) is 0 Å². The molecular weight excluding hydrogens is 286 g/mol. The summed E-state index contributed by atoms with van der Waals surface area (Å²) in [6.07, 6.45) is 0. The van der Waals surface area contributed by atoms with Gasteiger partial charge < -0.3 is 4.74 Å². The normalized spacial score (nSPS) is 10.5. The molecule has 2 aromatic carbocycles. The predicted molar refractivity (Wildman–Crippen MR) is 82.3 cm³/mol. The molecule has 1 aromatic heterocycles. The van der Waals surface area contributed by atoms with E-state index in [1.54, 1.807) is 24.3 Å². The van der Waals surface area contributed by atoms with Gasteiger partial charge in [0.15, 0.2) is 0 Å². The highest BCUT2D eigenvalue weighted by Crippen LogP contribution is 2.21. The van der Waals surface area contributed by atoms with E-state index in [-0.39, 0.29) is 12.6 Å². The minimum Gasteiger partial charge on any atom is -0.457 e. The van der Waals surface area contributed by atoms with E-state index < -0.39 is 0 Å². The van der Waals surface area contributed by atoms with Gasteiger partial charge in [-0.15, -0.1) is 0 Å². The van der Waals surface area contributed by atoms with Crippen LogP contribution in [0.15, 0.2) is 60.7 Å². The van der Waals surface area contributed by atoms with Crippen LogP contribution in [0.25, 0.3) is 10.9 Å². The molecule has 0 saturated heterocycles. The summed E-state index contributed by atoms with van der Waals surface area (Å²) < 4.78 is 5.28. The van der Waals surface area contributed by atoms with Crippen molar-refractivity contribution in [3.8, 4) is 0 Å². The van der Waals surface area contributed by atoms with Crippen LogP contribution >= 0.6 is 11.6 Å². The first-order valence-electron chi connectivity index (χ1n) is 6.50. The zero-order valence-corrected chi connectivity index (χ0v) is 11.9. The van der Waals surface area contributed by atoms with Gasteiger partial charge in [-0.2, -0.15) is 0 Å². The number of fused-ring (bicyclic) bond motifs is 1. The highest BCUT2D eigenvalue weighted by atomic mass is 35.5. The molecule has 0 radical (unpaired) electrons. The summed E-state index contributed by atoms with van der Waals surface area (Å²) in [6, 6.07) is 18.4. The third kappa shape index (κ3) is 3.03. The molecule has 3 aromatic rings. The molecule has 0 N–H and O–H groups in total. The van der Waals surface area contributed by atoms with E-state index in [0.29, 0.717) is 16.3 Å². The van der Waals surface area contributed by atoms with Gasteiger partial charge in [0.25, 0.3) is 0 Å². The average Bonchev–Trinajstić information content (AvgIpc) is 2.53. The number of hydrogen-bond donors (Lipinski definition) is 0. The standard InChI is InChI=1S/C17H12ClNO2/c18-16-14(10-13-8-4-5-9-15(13)19-16)11-21-17(20)12-6-2-1-3-7-12/h1-10H,11H2. The van der Waals surface area contributed by atoms with Gasteiger partial charge in [0, 0.05) is 10.9 Å². The maximum absolute atomic E-state index is 11.9. The fraction of sp³-hybridized carbons (Fsp3) is 0.0588. The molecule has 1 heterocycles. The Morgan fingerprint density at radius 3 is 2.57 bits per heavy atom. The van der Waals surface area contributed by atoms with E-state index in [9.17, 15) is 4.79 Å². The highest BCUT2D eigenvalue weighted by Gasteiger charge is 2.10. The first kappa shape index (κ1) is 13.6. The zero-order chi connectivity index (χ0) is 14.7. The second-order valence-electron chi connectivity index (χ2n) is 4.57. The summed E-state index contributed by atoms with van der Waals surface area (Å²) >= 11 is 6.13. The number of carbonyl (C=O) groups is 1.